The van der Waals surface area contributed by atoms with E-state index in [0.29, 0.717) is 18.1 Å². The molecule has 0 saturated carbocycles. The van der Waals surface area contributed by atoms with Crippen molar-refractivity contribution in [1.82, 2.24) is 5.32 Å². The van der Waals surface area contributed by atoms with Crippen LogP contribution in [-0.2, 0) is 0 Å². The highest BCUT2D eigenvalue weighted by Gasteiger charge is 2.17. The third-order valence-electron chi connectivity index (χ3n) is 5.01. The minimum Gasteiger partial charge on any atom is -0.497 e. The van der Waals surface area contributed by atoms with Crippen LogP contribution in [0.4, 0.5) is 0 Å². The standard InChI is InChI=1S/C27H31NO3S/c1-20(2)19-26(21-9-13-23(30-3)14-10-21)28-27(29)22-11-15-24(16-12-22)31-17-18-32-25-7-5-4-6-8-25/h4-16,20,26H,17-19H2,1-3H3,(H,28,29)/t26-/m0/s1. The second-order valence-electron chi connectivity index (χ2n) is 7.96. The van der Waals surface area contributed by atoms with Gasteiger partial charge in [-0.1, -0.05) is 44.2 Å². The molecule has 0 aromatic heterocycles. The Morgan fingerprint density at radius 2 is 1.56 bits per heavy atom. The van der Waals surface area contributed by atoms with Gasteiger partial charge in [-0.15, -0.1) is 11.8 Å². The van der Waals surface area contributed by atoms with Gasteiger partial charge in [-0.05, 0) is 66.4 Å². The number of amides is 1. The summed E-state index contributed by atoms with van der Waals surface area (Å²) < 4.78 is 11.1. The molecule has 0 spiro atoms. The van der Waals surface area contributed by atoms with Gasteiger partial charge >= 0.3 is 0 Å². The van der Waals surface area contributed by atoms with Gasteiger partial charge in [0.1, 0.15) is 11.5 Å². The average molecular weight is 450 g/mol. The Bertz CT molecular complexity index is 956. The Hall–Kier alpha value is -2.92. The zero-order chi connectivity index (χ0) is 22.8. The van der Waals surface area contributed by atoms with Gasteiger partial charge in [0.05, 0.1) is 19.8 Å². The smallest absolute Gasteiger partial charge is 0.251 e. The Morgan fingerprint density at radius 3 is 2.19 bits per heavy atom. The highest BCUT2D eigenvalue weighted by molar-refractivity contribution is 7.99. The molecule has 3 aromatic rings. The van der Waals surface area contributed by atoms with Gasteiger partial charge in [-0.25, -0.2) is 0 Å². The molecule has 32 heavy (non-hydrogen) atoms. The summed E-state index contributed by atoms with van der Waals surface area (Å²) in [4.78, 5) is 14.1. The van der Waals surface area contributed by atoms with Crippen LogP contribution in [-0.4, -0.2) is 25.4 Å². The van der Waals surface area contributed by atoms with Crippen LogP contribution >= 0.6 is 11.8 Å². The molecule has 1 atom stereocenters. The zero-order valence-corrected chi connectivity index (χ0v) is 19.7. The van der Waals surface area contributed by atoms with Gasteiger partial charge in [0.25, 0.3) is 5.91 Å². The molecule has 0 fully saturated rings. The molecule has 3 aromatic carbocycles. The van der Waals surface area contributed by atoms with Crippen LogP contribution in [0.3, 0.4) is 0 Å². The van der Waals surface area contributed by atoms with Gasteiger partial charge in [-0.3, -0.25) is 4.79 Å². The number of carbonyl (C=O) groups excluding carboxylic acids is 1. The summed E-state index contributed by atoms with van der Waals surface area (Å²) in [6.07, 6.45) is 0.859. The predicted molar refractivity (Wildman–Crippen MR) is 132 cm³/mol. The highest BCUT2D eigenvalue weighted by atomic mass is 32.2. The van der Waals surface area contributed by atoms with Crippen molar-refractivity contribution in [2.45, 2.75) is 31.2 Å². The van der Waals surface area contributed by atoms with Crippen molar-refractivity contribution < 1.29 is 14.3 Å². The summed E-state index contributed by atoms with van der Waals surface area (Å²) in [5.41, 5.74) is 1.70. The van der Waals surface area contributed by atoms with Gasteiger partial charge in [0, 0.05) is 16.2 Å². The fraction of sp³-hybridized carbons (Fsp3) is 0.296. The van der Waals surface area contributed by atoms with Crippen LogP contribution < -0.4 is 14.8 Å². The lowest BCUT2D eigenvalue weighted by atomic mass is 9.96. The van der Waals surface area contributed by atoms with Crippen LogP contribution in [0, 0.1) is 5.92 Å². The minimum absolute atomic E-state index is 0.0562. The molecule has 0 aliphatic rings. The Balaban J connectivity index is 1.54. The molecular formula is C27H31NO3S. The second kappa shape index (κ2) is 12.2. The highest BCUT2D eigenvalue weighted by Crippen LogP contribution is 2.24. The molecule has 0 radical (unpaired) electrons. The Morgan fingerprint density at radius 1 is 0.906 bits per heavy atom. The van der Waals surface area contributed by atoms with Crippen molar-refractivity contribution in [3.05, 3.63) is 90.0 Å². The van der Waals surface area contributed by atoms with E-state index in [-0.39, 0.29) is 11.9 Å². The largest absolute Gasteiger partial charge is 0.497 e. The lowest BCUT2D eigenvalue weighted by molar-refractivity contribution is 0.0932. The summed E-state index contributed by atoms with van der Waals surface area (Å²) in [7, 11) is 1.65. The number of hydrogen-bond donors (Lipinski definition) is 1. The predicted octanol–water partition coefficient (Wildman–Crippen LogP) is 6.38. The van der Waals surface area contributed by atoms with Gasteiger partial charge in [-0.2, -0.15) is 0 Å². The minimum atomic E-state index is -0.0855. The van der Waals surface area contributed by atoms with Crippen molar-refractivity contribution in [1.29, 1.82) is 0 Å². The summed E-state index contributed by atoms with van der Waals surface area (Å²) in [5.74, 6) is 2.81. The first-order chi connectivity index (χ1) is 15.5. The molecule has 0 aliphatic heterocycles. The van der Waals surface area contributed by atoms with Crippen LogP contribution in [0.25, 0.3) is 0 Å². The maximum atomic E-state index is 12.9. The molecule has 3 rings (SSSR count). The van der Waals surface area contributed by atoms with Gasteiger partial charge in [0.15, 0.2) is 0 Å². The fourth-order valence-electron chi connectivity index (χ4n) is 3.37. The van der Waals surface area contributed by atoms with E-state index >= 15 is 0 Å². The summed E-state index contributed by atoms with van der Waals surface area (Å²) >= 11 is 1.76. The molecule has 0 heterocycles. The van der Waals surface area contributed by atoms with Crippen LogP contribution in [0.1, 0.15) is 42.2 Å². The number of ether oxygens (including phenoxy) is 2. The lowest BCUT2D eigenvalue weighted by Crippen LogP contribution is -2.29. The maximum absolute atomic E-state index is 12.9. The van der Waals surface area contributed by atoms with Crippen LogP contribution in [0.5, 0.6) is 11.5 Å². The van der Waals surface area contributed by atoms with Crippen molar-refractivity contribution in [3.8, 4) is 11.5 Å². The number of rotatable bonds is 11. The van der Waals surface area contributed by atoms with E-state index in [4.69, 9.17) is 9.47 Å². The van der Waals surface area contributed by atoms with Crippen molar-refractivity contribution in [2.75, 3.05) is 19.5 Å². The average Bonchev–Trinajstić information content (AvgIpc) is 2.82. The fourth-order valence-corrected chi connectivity index (χ4v) is 4.12. The maximum Gasteiger partial charge on any atom is 0.251 e. The summed E-state index contributed by atoms with van der Waals surface area (Å²) in [6.45, 7) is 4.93. The van der Waals surface area contributed by atoms with Gasteiger partial charge in [0.2, 0.25) is 0 Å². The van der Waals surface area contributed by atoms with Gasteiger partial charge < -0.3 is 14.8 Å². The molecule has 4 nitrogen and oxygen atoms in total. The van der Waals surface area contributed by atoms with E-state index in [0.717, 1.165) is 29.2 Å². The van der Waals surface area contributed by atoms with Crippen molar-refractivity contribution >= 4 is 17.7 Å². The number of thioether (sulfide) groups is 1. The lowest BCUT2D eigenvalue weighted by Gasteiger charge is -2.21. The number of carbonyl (C=O) groups is 1. The monoisotopic (exact) mass is 449 g/mol. The topological polar surface area (TPSA) is 47.6 Å². The molecule has 0 aliphatic carbocycles. The van der Waals surface area contributed by atoms with E-state index in [2.05, 4.69) is 31.3 Å². The molecule has 168 valence electrons. The molecule has 5 heteroatoms. The quantitative estimate of drug-likeness (QED) is 0.272. The number of nitrogens with one attached hydrogen (secondary N) is 1. The number of benzene rings is 3. The van der Waals surface area contributed by atoms with E-state index in [1.54, 1.807) is 18.9 Å². The molecule has 0 bridgehead atoms. The first-order valence-corrected chi connectivity index (χ1v) is 11.9. The van der Waals surface area contributed by atoms with Crippen LogP contribution in [0.15, 0.2) is 83.8 Å². The molecule has 1 N–H and O–H groups in total. The molecule has 1 amide bonds. The van der Waals surface area contributed by atoms with E-state index in [1.165, 1.54) is 4.90 Å². The molecule has 0 unspecified atom stereocenters. The normalized spacial score (nSPS) is 11.8. The van der Waals surface area contributed by atoms with E-state index < -0.39 is 0 Å². The third-order valence-corrected chi connectivity index (χ3v) is 5.99. The SMILES string of the molecule is COc1ccc([C@H](CC(C)C)NC(=O)c2ccc(OCCSc3ccccc3)cc2)cc1. The number of hydrogen-bond acceptors (Lipinski definition) is 4. The second-order valence-corrected chi connectivity index (χ2v) is 9.13. The summed E-state index contributed by atoms with van der Waals surface area (Å²) in [5, 5.41) is 3.18. The third kappa shape index (κ3) is 7.34. The van der Waals surface area contributed by atoms with Crippen molar-refractivity contribution in [3.63, 3.8) is 0 Å². The first kappa shape index (κ1) is 23.7. The Kier molecular flexibility index (Phi) is 9.05. The molecule has 0 saturated heterocycles. The van der Waals surface area contributed by atoms with Crippen molar-refractivity contribution in [2.24, 2.45) is 5.92 Å². The molecular weight excluding hydrogens is 418 g/mol. The van der Waals surface area contributed by atoms with E-state index in [1.807, 2.05) is 66.7 Å². The summed E-state index contributed by atoms with van der Waals surface area (Å²) in [6, 6.07) is 25.4. The number of methoxy groups -OCH3 is 1. The zero-order valence-electron chi connectivity index (χ0n) is 18.9. The van der Waals surface area contributed by atoms with Crippen LogP contribution in [0.2, 0.25) is 0 Å². The first-order valence-electron chi connectivity index (χ1n) is 10.9. The van der Waals surface area contributed by atoms with E-state index in [9.17, 15) is 4.79 Å². The Labute approximate surface area is 195 Å².